The molecule has 2 rings (SSSR count). The van der Waals surface area contributed by atoms with Gasteiger partial charge in [0.15, 0.2) is 5.82 Å². The van der Waals surface area contributed by atoms with Crippen LogP contribution in [0.15, 0.2) is 35.5 Å². The molecule has 0 saturated heterocycles. The summed E-state index contributed by atoms with van der Waals surface area (Å²) in [5, 5.41) is 3.99. The van der Waals surface area contributed by atoms with Gasteiger partial charge in [0.05, 0.1) is 5.56 Å². The molecule has 0 radical (unpaired) electrons. The minimum atomic E-state index is -4.52. The van der Waals surface area contributed by atoms with E-state index < -0.39 is 17.6 Å². The van der Waals surface area contributed by atoms with E-state index >= 15 is 0 Å². The van der Waals surface area contributed by atoms with Crippen LogP contribution in [0.1, 0.15) is 19.4 Å². The topological polar surface area (TPSA) is 88.9 Å². The lowest BCUT2D eigenvalue weighted by Gasteiger charge is -2.08. The molecule has 7 nitrogen and oxygen atoms in total. The van der Waals surface area contributed by atoms with Gasteiger partial charge in [-0.05, 0) is 18.2 Å². The van der Waals surface area contributed by atoms with Gasteiger partial charge in [0.1, 0.15) is 6.33 Å². The molecule has 1 aromatic heterocycles. The van der Waals surface area contributed by atoms with Gasteiger partial charge in [0, 0.05) is 28.7 Å². The second-order valence-electron chi connectivity index (χ2n) is 5.76. The van der Waals surface area contributed by atoms with Crippen molar-refractivity contribution in [2.75, 3.05) is 0 Å². The van der Waals surface area contributed by atoms with Crippen molar-refractivity contribution in [2.24, 2.45) is 5.92 Å². The lowest BCUT2D eigenvalue weighted by molar-refractivity contribution is -0.137. The van der Waals surface area contributed by atoms with Crippen LogP contribution in [0.4, 0.5) is 13.2 Å². The van der Waals surface area contributed by atoms with Gasteiger partial charge in [0.25, 0.3) is 5.91 Å². The van der Waals surface area contributed by atoms with E-state index in [4.69, 9.17) is 0 Å². The Hall–Kier alpha value is -2.82. The number of alkyl halides is 3. The predicted molar refractivity (Wildman–Crippen MR) is 94.2 cm³/mol. The van der Waals surface area contributed by atoms with E-state index in [1.54, 1.807) is 13.8 Å². The zero-order chi connectivity index (χ0) is 20.2. The maximum Gasteiger partial charge on any atom is 0.416 e. The number of benzene rings is 1. The molecular weight excluding hydrogens is 383 g/mol. The van der Waals surface area contributed by atoms with Crippen LogP contribution in [-0.2, 0) is 15.8 Å². The Balaban J connectivity index is 2.10. The van der Waals surface area contributed by atoms with Gasteiger partial charge in [-0.1, -0.05) is 13.8 Å². The minimum Gasteiger partial charge on any atom is -0.273 e. The van der Waals surface area contributed by atoms with Gasteiger partial charge in [-0.3, -0.25) is 20.4 Å². The number of hydrazine groups is 1. The highest BCUT2D eigenvalue weighted by Gasteiger charge is 2.31. The van der Waals surface area contributed by atoms with Crippen LogP contribution in [0, 0.1) is 5.92 Å². The van der Waals surface area contributed by atoms with Crippen molar-refractivity contribution in [1.82, 2.24) is 25.6 Å². The number of hydrogen-bond donors (Lipinski definition) is 3. The zero-order valence-electron chi connectivity index (χ0n) is 14.3. The smallest absolute Gasteiger partial charge is 0.273 e. The number of nitrogens with one attached hydrogen (secondary N) is 2. The minimum absolute atomic E-state index is 0.0366. The molecule has 0 unspecified atom stereocenters. The van der Waals surface area contributed by atoms with E-state index in [1.807, 2.05) is 0 Å². The lowest BCUT2D eigenvalue weighted by Crippen LogP contribution is -2.42. The molecule has 2 aromatic rings. The second kappa shape index (κ2) is 8.25. The first kappa shape index (κ1) is 20.5. The van der Waals surface area contributed by atoms with Gasteiger partial charge in [-0.2, -0.15) is 13.2 Å². The van der Waals surface area contributed by atoms with E-state index in [0.29, 0.717) is 0 Å². The van der Waals surface area contributed by atoms with Crippen molar-refractivity contribution in [1.29, 1.82) is 0 Å². The van der Waals surface area contributed by atoms with Crippen molar-refractivity contribution in [2.45, 2.75) is 24.9 Å². The van der Waals surface area contributed by atoms with Crippen LogP contribution in [-0.4, -0.2) is 26.6 Å². The number of nitrogens with zero attached hydrogens (tertiary/aromatic N) is 3. The molecule has 1 aromatic carbocycles. The molecule has 2 amide bonds. The average molecular weight is 399 g/mol. The molecule has 0 saturated carbocycles. The van der Waals surface area contributed by atoms with Crippen molar-refractivity contribution in [3.05, 3.63) is 36.2 Å². The standard InChI is InChI=1S/C16H16F3N5O2S/c1-9(2)15(26)22-21-13(25)3-4-24-8-20-14(23-24)10-5-11(16(17,18)19)7-12(27)6-10/h3-9,27H,1-2H3,(H,21,25)(H,22,26)/b4-3-. The van der Waals surface area contributed by atoms with Crippen molar-refractivity contribution in [3.63, 3.8) is 0 Å². The summed E-state index contributed by atoms with van der Waals surface area (Å²) in [4.78, 5) is 27.0. The number of hydrogen-bond acceptors (Lipinski definition) is 5. The summed E-state index contributed by atoms with van der Waals surface area (Å²) in [6, 6.07) is 3.21. The lowest BCUT2D eigenvalue weighted by atomic mass is 10.1. The number of halogens is 3. The molecule has 0 spiro atoms. The highest BCUT2D eigenvalue weighted by Crippen LogP contribution is 2.33. The Morgan fingerprint density at radius 1 is 1.22 bits per heavy atom. The fourth-order valence-electron chi connectivity index (χ4n) is 1.84. The first-order valence-corrected chi connectivity index (χ1v) is 8.12. The summed E-state index contributed by atoms with van der Waals surface area (Å²) < 4.78 is 39.8. The summed E-state index contributed by atoms with van der Waals surface area (Å²) in [6.45, 7) is 3.33. The van der Waals surface area contributed by atoms with E-state index in [9.17, 15) is 22.8 Å². The van der Waals surface area contributed by atoms with E-state index in [-0.39, 0.29) is 28.1 Å². The number of amides is 2. The summed E-state index contributed by atoms with van der Waals surface area (Å²) in [7, 11) is 0. The monoisotopic (exact) mass is 399 g/mol. The summed E-state index contributed by atoms with van der Waals surface area (Å²) in [5.41, 5.74) is 3.68. The molecule has 27 heavy (non-hydrogen) atoms. The molecule has 11 heteroatoms. The van der Waals surface area contributed by atoms with Crippen LogP contribution in [0.2, 0.25) is 0 Å². The van der Waals surface area contributed by atoms with Crippen LogP contribution in [0.25, 0.3) is 17.6 Å². The Labute approximate surface area is 158 Å². The maximum absolute atomic E-state index is 12.9. The Kier molecular flexibility index (Phi) is 6.26. The van der Waals surface area contributed by atoms with E-state index in [2.05, 4.69) is 33.6 Å². The summed E-state index contributed by atoms with van der Waals surface area (Å²) in [5.74, 6) is -1.23. The molecule has 0 aliphatic carbocycles. The van der Waals surface area contributed by atoms with Crippen molar-refractivity contribution >= 4 is 30.6 Å². The molecule has 0 aliphatic heterocycles. The highest BCUT2D eigenvalue weighted by atomic mass is 32.1. The van der Waals surface area contributed by atoms with Gasteiger partial charge in [-0.25, -0.2) is 9.67 Å². The maximum atomic E-state index is 12.9. The van der Waals surface area contributed by atoms with E-state index in [0.717, 1.165) is 22.9 Å². The number of aromatic nitrogens is 3. The third-order valence-corrected chi connectivity index (χ3v) is 3.48. The fourth-order valence-corrected chi connectivity index (χ4v) is 2.11. The van der Waals surface area contributed by atoms with Crippen LogP contribution in [0.3, 0.4) is 0 Å². The average Bonchev–Trinajstić information content (AvgIpc) is 3.05. The van der Waals surface area contributed by atoms with Crippen molar-refractivity contribution < 1.29 is 22.8 Å². The van der Waals surface area contributed by atoms with Crippen LogP contribution >= 0.6 is 12.6 Å². The molecular formula is C16H16F3N5O2S. The number of rotatable bonds is 4. The van der Waals surface area contributed by atoms with E-state index in [1.165, 1.54) is 18.6 Å². The van der Waals surface area contributed by atoms with Crippen molar-refractivity contribution in [3.8, 4) is 11.4 Å². The zero-order valence-corrected chi connectivity index (χ0v) is 15.2. The first-order valence-electron chi connectivity index (χ1n) is 7.67. The molecule has 1 heterocycles. The van der Waals surface area contributed by atoms with Gasteiger partial charge >= 0.3 is 6.18 Å². The van der Waals surface area contributed by atoms with Gasteiger partial charge in [0.2, 0.25) is 5.91 Å². The second-order valence-corrected chi connectivity index (χ2v) is 6.28. The quantitative estimate of drug-likeness (QED) is 0.419. The molecule has 0 bridgehead atoms. The molecule has 0 atom stereocenters. The highest BCUT2D eigenvalue weighted by molar-refractivity contribution is 7.80. The Morgan fingerprint density at radius 3 is 2.56 bits per heavy atom. The predicted octanol–water partition coefficient (Wildman–Crippen LogP) is 2.53. The van der Waals surface area contributed by atoms with Crippen LogP contribution in [0.5, 0.6) is 0 Å². The molecule has 144 valence electrons. The van der Waals surface area contributed by atoms with Crippen LogP contribution < -0.4 is 10.9 Å². The Bertz CT molecular complexity index is 877. The first-order chi connectivity index (χ1) is 12.6. The number of carbonyl (C=O) groups excluding carboxylic acids is 2. The van der Waals surface area contributed by atoms with Gasteiger partial charge in [-0.15, -0.1) is 17.7 Å². The van der Waals surface area contributed by atoms with Gasteiger partial charge < -0.3 is 0 Å². The fraction of sp³-hybridized carbons (Fsp3) is 0.250. The summed E-state index contributed by atoms with van der Waals surface area (Å²) in [6.07, 6.45) is -0.976. The third-order valence-electron chi connectivity index (χ3n) is 3.22. The molecule has 0 fully saturated rings. The third kappa shape index (κ3) is 5.84. The number of carbonyl (C=O) groups is 2. The molecule has 2 N–H and O–H groups in total. The number of thiol groups is 1. The normalized spacial score (nSPS) is 11.8. The summed E-state index contributed by atoms with van der Waals surface area (Å²) >= 11 is 3.97. The SMILES string of the molecule is CC(C)C(=O)NNC(=O)/C=C\n1cnc(-c2cc(S)cc(C(F)(F)F)c2)n1. The molecule has 0 aliphatic rings. The largest absolute Gasteiger partial charge is 0.416 e. The Morgan fingerprint density at radius 2 is 1.93 bits per heavy atom.